The van der Waals surface area contributed by atoms with Crippen LogP contribution in [-0.4, -0.2) is 6.21 Å². The molecule has 0 bridgehead atoms. The Bertz CT molecular complexity index is 164. The van der Waals surface area contributed by atoms with E-state index in [0.29, 0.717) is 0 Å². The first kappa shape index (κ1) is 10.2. The molecular formula is C10H17N. The Morgan fingerprint density at radius 3 is 2.55 bits per heavy atom. The van der Waals surface area contributed by atoms with Crippen LogP contribution in [0.4, 0.5) is 0 Å². The summed E-state index contributed by atoms with van der Waals surface area (Å²) < 4.78 is 0. The van der Waals surface area contributed by atoms with Crippen molar-refractivity contribution < 1.29 is 0 Å². The molecule has 0 amide bonds. The Balaban J connectivity index is 3.91. The second-order valence-corrected chi connectivity index (χ2v) is 3.20. The Morgan fingerprint density at radius 2 is 2.09 bits per heavy atom. The Kier molecular flexibility index (Phi) is 4.51. The molecule has 0 heterocycles. The van der Waals surface area contributed by atoms with Gasteiger partial charge in [0.25, 0.3) is 0 Å². The summed E-state index contributed by atoms with van der Waals surface area (Å²) in [5.74, 6) is 0. The maximum Gasteiger partial charge on any atom is 0.0263 e. The summed E-state index contributed by atoms with van der Waals surface area (Å²) in [6.07, 6.45) is 8.37. The van der Waals surface area contributed by atoms with Crippen molar-refractivity contribution in [3.63, 3.8) is 0 Å². The monoisotopic (exact) mass is 151 g/mol. The Labute approximate surface area is 69.5 Å². The lowest BCUT2D eigenvalue weighted by molar-refractivity contribution is 0.516. The molecule has 0 saturated carbocycles. The molecular weight excluding hydrogens is 134 g/mol. The van der Waals surface area contributed by atoms with E-state index in [2.05, 4.69) is 32.3 Å². The number of nitrogens with zero attached hydrogens (tertiary/aromatic N) is 1. The van der Waals surface area contributed by atoms with Gasteiger partial charge in [-0.3, -0.25) is 4.99 Å². The van der Waals surface area contributed by atoms with Crippen LogP contribution in [0, 0.1) is 5.41 Å². The lowest BCUT2D eigenvalue weighted by Crippen LogP contribution is -2.10. The van der Waals surface area contributed by atoms with E-state index in [1.165, 1.54) is 0 Å². The molecule has 0 atom stereocenters. The van der Waals surface area contributed by atoms with Crippen molar-refractivity contribution in [2.75, 3.05) is 0 Å². The molecule has 1 nitrogen and oxygen atoms in total. The quantitative estimate of drug-likeness (QED) is 0.432. The summed E-state index contributed by atoms with van der Waals surface area (Å²) in [6, 6.07) is 0. The zero-order valence-electron chi connectivity index (χ0n) is 7.67. The predicted molar refractivity (Wildman–Crippen MR) is 51.9 cm³/mol. The first-order valence-corrected chi connectivity index (χ1v) is 3.94. The molecule has 1 heteroatoms. The van der Waals surface area contributed by atoms with Gasteiger partial charge in [-0.1, -0.05) is 33.4 Å². The molecule has 0 spiro atoms. The molecule has 0 aliphatic heterocycles. The highest BCUT2D eigenvalue weighted by molar-refractivity contribution is 5.65. The molecule has 0 aliphatic rings. The largest absolute Gasteiger partial charge is 0.269 e. The molecule has 0 aromatic rings. The van der Waals surface area contributed by atoms with Crippen molar-refractivity contribution in [3.8, 4) is 0 Å². The minimum atomic E-state index is 0.214. The summed E-state index contributed by atoms with van der Waals surface area (Å²) in [6.45, 7) is 10.0. The number of hydrogen-bond acceptors (Lipinski definition) is 1. The van der Waals surface area contributed by atoms with Crippen molar-refractivity contribution in [1.29, 1.82) is 0 Å². The van der Waals surface area contributed by atoms with Crippen molar-refractivity contribution in [2.24, 2.45) is 10.4 Å². The van der Waals surface area contributed by atoms with Crippen LogP contribution in [0.25, 0.3) is 0 Å². The van der Waals surface area contributed by atoms with E-state index in [-0.39, 0.29) is 5.41 Å². The van der Waals surface area contributed by atoms with E-state index < -0.39 is 0 Å². The Hall–Kier alpha value is -0.850. The zero-order chi connectivity index (χ0) is 8.74. The fourth-order valence-corrected chi connectivity index (χ4v) is 0.447. The summed E-state index contributed by atoms with van der Waals surface area (Å²) in [7, 11) is 0. The molecule has 0 N–H and O–H groups in total. The van der Waals surface area contributed by atoms with Gasteiger partial charge < -0.3 is 0 Å². The second kappa shape index (κ2) is 4.89. The molecule has 0 aliphatic carbocycles. The van der Waals surface area contributed by atoms with E-state index in [0.717, 1.165) is 6.42 Å². The average molecular weight is 151 g/mol. The fraction of sp³-hybridized carbons (Fsp3) is 0.500. The minimum absolute atomic E-state index is 0.214. The van der Waals surface area contributed by atoms with Gasteiger partial charge in [-0.05, 0) is 17.9 Å². The Morgan fingerprint density at radius 1 is 1.45 bits per heavy atom. The molecule has 0 radical (unpaired) electrons. The number of allylic oxidation sites excluding steroid dienone is 2. The van der Waals surface area contributed by atoms with E-state index in [9.17, 15) is 0 Å². The van der Waals surface area contributed by atoms with Crippen LogP contribution in [0.1, 0.15) is 27.2 Å². The molecule has 0 rings (SSSR count). The van der Waals surface area contributed by atoms with E-state index in [1.54, 1.807) is 12.3 Å². The normalized spacial score (nSPS) is 13.0. The van der Waals surface area contributed by atoms with Crippen molar-refractivity contribution in [1.82, 2.24) is 0 Å². The average Bonchev–Trinajstić information content (AvgIpc) is 1.99. The van der Waals surface area contributed by atoms with Crippen LogP contribution in [0.15, 0.2) is 29.9 Å². The third-order valence-corrected chi connectivity index (χ3v) is 1.64. The minimum Gasteiger partial charge on any atom is -0.269 e. The smallest absolute Gasteiger partial charge is 0.0263 e. The third kappa shape index (κ3) is 5.59. The first-order valence-electron chi connectivity index (χ1n) is 3.94. The third-order valence-electron chi connectivity index (χ3n) is 1.64. The maximum absolute atomic E-state index is 4.13. The maximum atomic E-state index is 4.13. The second-order valence-electron chi connectivity index (χ2n) is 3.20. The van der Waals surface area contributed by atoms with Crippen LogP contribution >= 0.6 is 0 Å². The van der Waals surface area contributed by atoms with E-state index >= 15 is 0 Å². The molecule has 0 saturated heterocycles. The molecule has 11 heavy (non-hydrogen) atoms. The van der Waals surface area contributed by atoms with Gasteiger partial charge >= 0.3 is 0 Å². The predicted octanol–water partition coefficient (Wildman–Crippen LogP) is 3.19. The molecule has 0 fully saturated rings. The summed E-state index contributed by atoms with van der Waals surface area (Å²) in [4.78, 5) is 4.13. The highest BCUT2D eigenvalue weighted by Crippen LogP contribution is 2.15. The first-order chi connectivity index (χ1) is 5.12. The summed E-state index contributed by atoms with van der Waals surface area (Å²) in [5.41, 5.74) is 0.214. The van der Waals surface area contributed by atoms with Crippen molar-refractivity contribution in [3.05, 3.63) is 24.9 Å². The number of rotatable bonds is 4. The highest BCUT2D eigenvalue weighted by Gasteiger charge is 2.09. The zero-order valence-corrected chi connectivity index (χ0v) is 7.67. The van der Waals surface area contributed by atoms with Gasteiger partial charge in [0, 0.05) is 12.4 Å². The number of hydrogen-bond donors (Lipinski definition) is 0. The summed E-state index contributed by atoms with van der Waals surface area (Å²) in [5, 5.41) is 0. The van der Waals surface area contributed by atoms with Gasteiger partial charge in [0.15, 0.2) is 0 Å². The van der Waals surface area contributed by atoms with Crippen LogP contribution in [0.3, 0.4) is 0 Å². The molecule has 62 valence electrons. The van der Waals surface area contributed by atoms with Crippen LogP contribution < -0.4 is 0 Å². The van der Waals surface area contributed by atoms with Crippen molar-refractivity contribution in [2.45, 2.75) is 27.2 Å². The SMILES string of the molecule is C=C/C=C\N=CC(C)(C)CC. The van der Waals surface area contributed by atoms with Crippen molar-refractivity contribution >= 4 is 6.21 Å². The van der Waals surface area contributed by atoms with Crippen LogP contribution in [0.5, 0.6) is 0 Å². The van der Waals surface area contributed by atoms with E-state index in [1.807, 2.05) is 12.3 Å². The molecule has 0 aromatic carbocycles. The van der Waals surface area contributed by atoms with E-state index in [4.69, 9.17) is 0 Å². The number of aliphatic imine (C=N–C) groups is 1. The van der Waals surface area contributed by atoms with Gasteiger partial charge in [-0.2, -0.15) is 0 Å². The van der Waals surface area contributed by atoms with Gasteiger partial charge in [-0.15, -0.1) is 0 Å². The van der Waals surface area contributed by atoms with Gasteiger partial charge in [0.1, 0.15) is 0 Å². The molecule has 0 aromatic heterocycles. The lowest BCUT2D eigenvalue weighted by Gasteiger charge is -2.14. The highest BCUT2D eigenvalue weighted by atomic mass is 14.7. The molecule has 0 unspecified atom stereocenters. The lowest BCUT2D eigenvalue weighted by atomic mass is 9.92. The summed E-state index contributed by atoms with van der Waals surface area (Å²) >= 11 is 0. The topological polar surface area (TPSA) is 12.4 Å². The van der Waals surface area contributed by atoms with Crippen LogP contribution in [-0.2, 0) is 0 Å². The fourth-order valence-electron chi connectivity index (χ4n) is 0.447. The van der Waals surface area contributed by atoms with Crippen LogP contribution in [0.2, 0.25) is 0 Å². The standard InChI is InChI=1S/C10H17N/c1-5-7-8-11-9-10(3,4)6-2/h5,7-9H,1,6H2,2-4H3/b8-7-,11-9?. The van der Waals surface area contributed by atoms with Gasteiger partial charge in [0.05, 0.1) is 0 Å². The van der Waals surface area contributed by atoms with Gasteiger partial charge in [0.2, 0.25) is 0 Å². The van der Waals surface area contributed by atoms with Gasteiger partial charge in [-0.25, -0.2) is 0 Å².